The Morgan fingerprint density at radius 2 is 1.90 bits per heavy atom. The van der Waals surface area contributed by atoms with E-state index in [-0.39, 0.29) is 5.82 Å². The van der Waals surface area contributed by atoms with Crippen LogP contribution in [0.3, 0.4) is 0 Å². The van der Waals surface area contributed by atoms with E-state index in [2.05, 4.69) is 20.3 Å². The van der Waals surface area contributed by atoms with E-state index >= 15 is 0 Å². The number of nitrogens with zero attached hydrogens (tertiary/aromatic N) is 5. The van der Waals surface area contributed by atoms with Crippen LogP contribution < -0.4 is 5.84 Å². The second-order valence-electron chi connectivity index (χ2n) is 6.61. The van der Waals surface area contributed by atoms with Gasteiger partial charge in [-0.05, 0) is 49.2 Å². The van der Waals surface area contributed by atoms with Gasteiger partial charge in [-0.1, -0.05) is 40.7 Å². The van der Waals surface area contributed by atoms with E-state index in [0.29, 0.717) is 45.3 Å². The van der Waals surface area contributed by atoms with Crippen molar-refractivity contribution in [1.29, 1.82) is 0 Å². The van der Waals surface area contributed by atoms with Crippen LogP contribution in [-0.4, -0.2) is 30.8 Å². The van der Waals surface area contributed by atoms with Crippen molar-refractivity contribution in [3.63, 3.8) is 0 Å². The molecule has 10 heteroatoms. The van der Waals surface area contributed by atoms with Crippen LogP contribution in [0.1, 0.15) is 17.9 Å². The number of halogens is 2. The highest BCUT2D eigenvalue weighted by molar-refractivity contribution is 7.99. The van der Waals surface area contributed by atoms with Gasteiger partial charge >= 0.3 is 0 Å². The van der Waals surface area contributed by atoms with Gasteiger partial charge < -0.3 is 10.4 Å². The molecule has 2 aromatic heterocycles. The molecule has 0 unspecified atom stereocenters. The number of aromatic nitrogens is 5. The maximum absolute atomic E-state index is 13.7. The van der Waals surface area contributed by atoms with Gasteiger partial charge in [0, 0.05) is 28.3 Å². The highest BCUT2D eigenvalue weighted by Crippen LogP contribution is 2.24. The van der Waals surface area contributed by atoms with Crippen molar-refractivity contribution in [1.82, 2.24) is 25.0 Å². The van der Waals surface area contributed by atoms with Gasteiger partial charge in [0.15, 0.2) is 5.82 Å². The molecule has 7 nitrogen and oxygen atoms in total. The molecule has 0 saturated heterocycles. The molecule has 0 aliphatic carbocycles. The first-order valence-electron chi connectivity index (χ1n) is 9.19. The summed E-state index contributed by atoms with van der Waals surface area (Å²) in [7, 11) is 0. The first-order chi connectivity index (χ1) is 14.5. The minimum Gasteiger partial charge on any atom is -0.339 e. The molecular weight excluding hydrogens is 427 g/mol. The van der Waals surface area contributed by atoms with Crippen LogP contribution in [0, 0.1) is 12.7 Å². The van der Waals surface area contributed by atoms with E-state index in [1.165, 1.54) is 22.5 Å². The Balaban J connectivity index is 1.32. The Morgan fingerprint density at radius 1 is 1.13 bits per heavy atom. The number of benzene rings is 2. The number of rotatable bonds is 7. The minimum atomic E-state index is -0.292. The number of hydrogen-bond donors (Lipinski definition) is 1. The van der Waals surface area contributed by atoms with Gasteiger partial charge in [-0.25, -0.2) is 9.07 Å². The van der Waals surface area contributed by atoms with Gasteiger partial charge in [-0.15, -0.1) is 10.2 Å². The maximum Gasteiger partial charge on any atom is 0.226 e. The molecule has 0 bridgehead atoms. The van der Waals surface area contributed by atoms with Gasteiger partial charge in [0.05, 0.1) is 0 Å². The van der Waals surface area contributed by atoms with E-state index in [4.69, 9.17) is 22.0 Å². The first kappa shape index (κ1) is 20.4. The Labute approximate surface area is 181 Å². The van der Waals surface area contributed by atoms with Crippen LogP contribution in [0.25, 0.3) is 22.8 Å². The third-order valence-corrected chi connectivity index (χ3v) is 5.71. The van der Waals surface area contributed by atoms with Crippen molar-refractivity contribution in [2.24, 2.45) is 0 Å². The molecule has 0 fully saturated rings. The summed E-state index contributed by atoms with van der Waals surface area (Å²) in [5.74, 6) is 8.03. The summed E-state index contributed by atoms with van der Waals surface area (Å²) >= 11 is 7.41. The highest BCUT2D eigenvalue weighted by Gasteiger charge is 2.13. The van der Waals surface area contributed by atoms with Crippen LogP contribution >= 0.6 is 23.4 Å². The predicted octanol–water partition coefficient (Wildman–Crippen LogP) is 4.53. The fraction of sp³-hybridized carbons (Fsp3) is 0.200. The summed E-state index contributed by atoms with van der Waals surface area (Å²) in [5.41, 5.74) is 2.01. The zero-order chi connectivity index (χ0) is 21.1. The van der Waals surface area contributed by atoms with Crippen molar-refractivity contribution < 1.29 is 8.91 Å². The summed E-state index contributed by atoms with van der Waals surface area (Å²) < 4.78 is 20.5. The standard InChI is InChI=1S/C20H18ClFN6OS/c1-12-4-5-14(11-16(12)22)18-24-17(29-27-18)3-2-10-30-20-26-25-19(28(20)23)13-6-8-15(21)9-7-13/h4-9,11H,2-3,10,23H2,1H3. The lowest BCUT2D eigenvalue weighted by Crippen LogP contribution is -2.11. The van der Waals surface area contributed by atoms with Gasteiger partial charge in [0.25, 0.3) is 0 Å². The number of hydrogen-bond acceptors (Lipinski definition) is 7. The van der Waals surface area contributed by atoms with E-state index < -0.39 is 0 Å². The number of nitrogens with two attached hydrogens (primary N) is 1. The molecule has 0 amide bonds. The molecule has 4 aromatic rings. The zero-order valence-electron chi connectivity index (χ0n) is 16.0. The van der Waals surface area contributed by atoms with Crippen LogP contribution in [0.4, 0.5) is 4.39 Å². The Hall–Kier alpha value is -2.91. The third kappa shape index (κ3) is 4.47. The average molecular weight is 445 g/mol. The SMILES string of the molecule is Cc1ccc(-c2noc(CCCSc3nnc(-c4ccc(Cl)cc4)n3N)n2)cc1F. The number of nitrogen functional groups attached to an aromatic ring is 1. The van der Waals surface area contributed by atoms with Gasteiger partial charge in [-0.2, -0.15) is 4.98 Å². The molecular formula is C20H18ClFN6OS. The van der Waals surface area contributed by atoms with E-state index in [9.17, 15) is 4.39 Å². The quantitative estimate of drug-likeness (QED) is 0.254. The lowest BCUT2D eigenvalue weighted by Gasteiger charge is -2.03. The molecule has 30 heavy (non-hydrogen) atoms. The summed E-state index contributed by atoms with van der Waals surface area (Å²) in [6, 6.07) is 12.1. The molecule has 0 saturated carbocycles. The average Bonchev–Trinajstić information content (AvgIpc) is 3.35. The molecule has 2 aromatic carbocycles. The Kier molecular flexibility index (Phi) is 6.01. The molecule has 0 aliphatic rings. The third-order valence-electron chi connectivity index (χ3n) is 4.43. The summed E-state index contributed by atoms with van der Waals surface area (Å²) in [5, 5.41) is 13.5. The van der Waals surface area contributed by atoms with E-state index in [0.717, 1.165) is 17.7 Å². The summed E-state index contributed by atoms with van der Waals surface area (Å²) in [6.07, 6.45) is 1.37. The molecule has 0 atom stereocenters. The lowest BCUT2D eigenvalue weighted by molar-refractivity contribution is 0.378. The largest absolute Gasteiger partial charge is 0.339 e. The van der Waals surface area contributed by atoms with Crippen LogP contribution in [0.2, 0.25) is 5.02 Å². The minimum absolute atomic E-state index is 0.292. The van der Waals surface area contributed by atoms with Gasteiger partial charge in [-0.3, -0.25) is 0 Å². The molecule has 2 N–H and O–H groups in total. The van der Waals surface area contributed by atoms with Crippen LogP contribution in [-0.2, 0) is 6.42 Å². The van der Waals surface area contributed by atoms with Gasteiger partial charge in [0.1, 0.15) is 5.82 Å². The van der Waals surface area contributed by atoms with E-state index in [1.807, 2.05) is 12.1 Å². The number of aryl methyl sites for hydroxylation is 2. The fourth-order valence-electron chi connectivity index (χ4n) is 2.76. The van der Waals surface area contributed by atoms with E-state index in [1.54, 1.807) is 31.2 Å². The van der Waals surface area contributed by atoms with Crippen molar-refractivity contribution >= 4 is 23.4 Å². The first-order valence-corrected chi connectivity index (χ1v) is 10.6. The summed E-state index contributed by atoms with van der Waals surface area (Å²) in [4.78, 5) is 4.34. The Morgan fingerprint density at radius 3 is 2.67 bits per heavy atom. The second kappa shape index (κ2) is 8.85. The molecule has 0 radical (unpaired) electrons. The molecule has 2 heterocycles. The normalized spacial score (nSPS) is 11.2. The Bertz CT molecular complexity index is 1160. The second-order valence-corrected chi connectivity index (χ2v) is 8.11. The van der Waals surface area contributed by atoms with Crippen molar-refractivity contribution in [3.8, 4) is 22.8 Å². The van der Waals surface area contributed by atoms with Crippen LogP contribution in [0.5, 0.6) is 0 Å². The van der Waals surface area contributed by atoms with Crippen molar-refractivity contribution in [2.75, 3.05) is 11.6 Å². The van der Waals surface area contributed by atoms with Crippen LogP contribution in [0.15, 0.2) is 52.1 Å². The topological polar surface area (TPSA) is 95.7 Å². The van der Waals surface area contributed by atoms with Gasteiger partial charge in [0.2, 0.25) is 16.9 Å². The smallest absolute Gasteiger partial charge is 0.226 e. The zero-order valence-corrected chi connectivity index (χ0v) is 17.6. The predicted molar refractivity (Wildman–Crippen MR) is 114 cm³/mol. The summed E-state index contributed by atoms with van der Waals surface area (Å²) in [6.45, 7) is 1.71. The molecule has 0 aliphatic heterocycles. The highest BCUT2D eigenvalue weighted by atomic mass is 35.5. The van der Waals surface area contributed by atoms with Crippen molar-refractivity contribution in [2.45, 2.75) is 24.9 Å². The molecule has 154 valence electrons. The monoisotopic (exact) mass is 444 g/mol. The molecule has 4 rings (SSSR count). The lowest BCUT2D eigenvalue weighted by atomic mass is 10.1. The van der Waals surface area contributed by atoms with Crippen molar-refractivity contribution in [3.05, 3.63) is 64.8 Å². The molecule has 0 spiro atoms. The number of thioether (sulfide) groups is 1. The fourth-order valence-corrected chi connectivity index (χ4v) is 3.69. The maximum atomic E-state index is 13.7.